The standard InChI is InChI=1S/C18H21FN2O2S2/c1-18(2,19)17(23)21-16-14(12-5-3-4-6-13(12)25-16)15(22)20-9-11-7-8-24-10-11/h7-8,10H,3-6,9H2,1-2H3,(H,20,22)(H,21,23). The van der Waals surface area contributed by atoms with Gasteiger partial charge in [-0.05, 0) is 67.5 Å². The first-order valence-electron chi connectivity index (χ1n) is 8.30. The molecule has 2 aromatic rings. The van der Waals surface area contributed by atoms with Crippen LogP contribution in [0, 0.1) is 0 Å². The zero-order valence-electron chi connectivity index (χ0n) is 14.3. The van der Waals surface area contributed by atoms with Gasteiger partial charge in [-0.1, -0.05) is 0 Å². The van der Waals surface area contributed by atoms with Crippen molar-refractivity contribution in [1.29, 1.82) is 0 Å². The van der Waals surface area contributed by atoms with Gasteiger partial charge in [0.15, 0.2) is 5.67 Å². The molecular formula is C18H21FN2O2S2. The fourth-order valence-electron chi connectivity index (χ4n) is 2.81. The van der Waals surface area contributed by atoms with Crippen LogP contribution in [0.2, 0.25) is 0 Å². The maximum Gasteiger partial charge on any atom is 0.262 e. The summed E-state index contributed by atoms with van der Waals surface area (Å²) in [6.07, 6.45) is 3.82. The fourth-order valence-corrected chi connectivity index (χ4v) is 4.76. The summed E-state index contributed by atoms with van der Waals surface area (Å²) < 4.78 is 13.9. The van der Waals surface area contributed by atoms with E-state index in [1.807, 2.05) is 16.8 Å². The normalized spacial score (nSPS) is 14.0. The highest BCUT2D eigenvalue weighted by Crippen LogP contribution is 2.38. The molecule has 0 bridgehead atoms. The number of carbonyl (C=O) groups is 2. The molecule has 134 valence electrons. The highest BCUT2D eigenvalue weighted by Gasteiger charge is 2.31. The maximum absolute atomic E-state index is 13.9. The summed E-state index contributed by atoms with van der Waals surface area (Å²) in [7, 11) is 0. The Morgan fingerprint density at radius 3 is 2.72 bits per heavy atom. The van der Waals surface area contributed by atoms with Crippen LogP contribution in [0.4, 0.5) is 9.39 Å². The van der Waals surface area contributed by atoms with Crippen LogP contribution in [0.15, 0.2) is 16.8 Å². The van der Waals surface area contributed by atoms with Crippen LogP contribution >= 0.6 is 22.7 Å². The van der Waals surface area contributed by atoms with Gasteiger partial charge in [-0.3, -0.25) is 9.59 Å². The average Bonchev–Trinajstić information content (AvgIpc) is 3.18. The zero-order chi connectivity index (χ0) is 18.0. The van der Waals surface area contributed by atoms with Crippen LogP contribution in [0.1, 0.15) is 53.1 Å². The smallest absolute Gasteiger partial charge is 0.262 e. The highest BCUT2D eigenvalue weighted by molar-refractivity contribution is 7.17. The molecule has 0 unspecified atom stereocenters. The predicted molar refractivity (Wildman–Crippen MR) is 100 cm³/mol. The molecule has 0 spiro atoms. The van der Waals surface area contributed by atoms with E-state index < -0.39 is 11.6 Å². The van der Waals surface area contributed by atoms with Gasteiger partial charge in [0.25, 0.3) is 11.8 Å². The van der Waals surface area contributed by atoms with E-state index >= 15 is 0 Å². The highest BCUT2D eigenvalue weighted by atomic mass is 32.1. The lowest BCUT2D eigenvalue weighted by molar-refractivity contribution is -0.125. The lowest BCUT2D eigenvalue weighted by atomic mass is 9.95. The number of hydrogen-bond donors (Lipinski definition) is 2. The topological polar surface area (TPSA) is 58.2 Å². The molecule has 0 saturated heterocycles. The third kappa shape index (κ3) is 4.10. The first-order valence-corrected chi connectivity index (χ1v) is 10.1. The van der Waals surface area contributed by atoms with E-state index in [-0.39, 0.29) is 5.91 Å². The molecule has 2 aromatic heterocycles. The molecular weight excluding hydrogens is 359 g/mol. The number of nitrogens with one attached hydrogen (secondary N) is 2. The molecule has 7 heteroatoms. The SMILES string of the molecule is CC(C)(F)C(=O)Nc1sc2c(c1C(=O)NCc1ccsc1)CCCC2. The predicted octanol–water partition coefficient (Wildman–Crippen LogP) is 4.31. The van der Waals surface area contributed by atoms with E-state index in [0.29, 0.717) is 17.1 Å². The van der Waals surface area contributed by atoms with Crippen LogP contribution < -0.4 is 10.6 Å². The first-order chi connectivity index (χ1) is 11.9. The van der Waals surface area contributed by atoms with Gasteiger partial charge >= 0.3 is 0 Å². The zero-order valence-corrected chi connectivity index (χ0v) is 15.9. The van der Waals surface area contributed by atoms with Gasteiger partial charge < -0.3 is 10.6 Å². The van der Waals surface area contributed by atoms with Crippen molar-refractivity contribution < 1.29 is 14.0 Å². The van der Waals surface area contributed by atoms with E-state index in [1.165, 1.54) is 25.2 Å². The number of thiophene rings is 2. The van der Waals surface area contributed by atoms with Crippen LogP contribution in [-0.2, 0) is 24.2 Å². The van der Waals surface area contributed by atoms with E-state index in [9.17, 15) is 14.0 Å². The number of halogens is 1. The Bertz CT molecular complexity index is 776. The largest absolute Gasteiger partial charge is 0.348 e. The molecule has 0 fully saturated rings. The third-order valence-corrected chi connectivity index (χ3v) is 6.14. The summed E-state index contributed by atoms with van der Waals surface area (Å²) in [6, 6.07) is 1.96. The Morgan fingerprint density at radius 2 is 2.04 bits per heavy atom. The number of rotatable bonds is 5. The van der Waals surface area contributed by atoms with Gasteiger partial charge in [-0.15, -0.1) is 11.3 Å². The Labute approximate surface area is 154 Å². The summed E-state index contributed by atoms with van der Waals surface area (Å²) in [6.45, 7) is 2.87. The van der Waals surface area contributed by atoms with Gasteiger partial charge in [0, 0.05) is 11.4 Å². The van der Waals surface area contributed by atoms with Crippen molar-refractivity contribution in [2.75, 3.05) is 5.32 Å². The minimum absolute atomic E-state index is 0.211. The molecule has 0 aromatic carbocycles. The molecule has 0 atom stereocenters. The van der Waals surface area contributed by atoms with Crippen molar-refractivity contribution in [1.82, 2.24) is 5.32 Å². The number of alkyl halides is 1. The van der Waals surface area contributed by atoms with Crippen molar-refractivity contribution in [3.05, 3.63) is 38.4 Å². The van der Waals surface area contributed by atoms with E-state index in [1.54, 1.807) is 11.3 Å². The van der Waals surface area contributed by atoms with E-state index in [4.69, 9.17) is 0 Å². The molecule has 25 heavy (non-hydrogen) atoms. The van der Waals surface area contributed by atoms with Crippen molar-refractivity contribution in [2.45, 2.75) is 51.7 Å². The third-order valence-electron chi connectivity index (χ3n) is 4.20. The minimum atomic E-state index is -1.99. The summed E-state index contributed by atoms with van der Waals surface area (Å²) in [5, 5.41) is 9.96. The molecule has 2 amide bonds. The Morgan fingerprint density at radius 1 is 1.28 bits per heavy atom. The quantitative estimate of drug-likeness (QED) is 0.812. The second-order valence-electron chi connectivity index (χ2n) is 6.66. The van der Waals surface area contributed by atoms with Crippen molar-refractivity contribution in [3.8, 4) is 0 Å². The van der Waals surface area contributed by atoms with Crippen LogP contribution in [0.3, 0.4) is 0 Å². The van der Waals surface area contributed by atoms with Crippen LogP contribution in [0.25, 0.3) is 0 Å². The molecule has 2 heterocycles. The monoisotopic (exact) mass is 380 g/mol. The summed E-state index contributed by atoms with van der Waals surface area (Å²) >= 11 is 2.98. The number of fused-ring (bicyclic) bond motifs is 1. The van der Waals surface area contributed by atoms with E-state index in [2.05, 4.69) is 10.6 Å². The molecule has 0 aliphatic heterocycles. The Kier molecular flexibility index (Phi) is 5.24. The number of anilines is 1. The molecule has 3 rings (SSSR count). The fraction of sp³-hybridized carbons (Fsp3) is 0.444. The first kappa shape index (κ1) is 18.1. The van der Waals surface area contributed by atoms with Crippen molar-refractivity contribution in [3.63, 3.8) is 0 Å². The molecule has 1 aliphatic rings. The number of amides is 2. The average molecular weight is 381 g/mol. The van der Waals surface area contributed by atoms with Crippen LogP contribution in [0.5, 0.6) is 0 Å². The molecule has 2 N–H and O–H groups in total. The molecule has 4 nitrogen and oxygen atoms in total. The minimum Gasteiger partial charge on any atom is -0.348 e. The summed E-state index contributed by atoms with van der Waals surface area (Å²) in [5.41, 5.74) is 0.561. The van der Waals surface area contributed by atoms with Gasteiger partial charge in [0.1, 0.15) is 5.00 Å². The summed E-state index contributed by atoms with van der Waals surface area (Å²) in [4.78, 5) is 26.0. The van der Waals surface area contributed by atoms with E-state index in [0.717, 1.165) is 41.7 Å². The molecule has 0 radical (unpaired) electrons. The number of aryl methyl sites for hydroxylation is 1. The van der Waals surface area contributed by atoms with Crippen molar-refractivity contribution in [2.24, 2.45) is 0 Å². The number of carbonyl (C=O) groups excluding carboxylic acids is 2. The lowest BCUT2D eigenvalue weighted by Crippen LogP contribution is -2.33. The maximum atomic E-state index is 13.9. The van der Waals surface area contributed by atoms with Gasteiger partial charge in [0.2, 0.25) is 0 Å². The summed E-state index contributed by atoms with van der Waals surface area (Å²) in [5.74, 6) is -0.935. The molecule has 0 saturated carbocycles. The van der Waals surface area contributed by atoms with Gasteiger partial charge in [-0.25, -0.2) is 4.39 Å². The van der Waals surface area contributed by atoms with Gasteiger partial charge in [0.05, 0.1) is 5.56 Å². The molecule has 1 aliphatic carbocycles. The second kappa shape index (κ2) is 7.25. The second-order valence-corrected chi connectivity index (χ2v) is 8.54. The van der Waals surface area contributed by atoms with Crippen LogP contribution in [-0.4, -0.2) is 17.5 Å². The Hall–Kier alpha value is -1.73. The van der Waals surface area contributed by atoms with Gasteiger partial charge in [-0.2, -0.15) is 11.3 Å². The Balaban J connectivity index is 1.86. The lowest BCUT2D eigenvalue weighted by Gasteiger charge is -2.15. The number of hydrogen-bond acceptors (Lipinski definition) is 4. The van der Waals surface area contributed by atoms with Crippen molar-refractivity contribution >= 4 is 39.5 Å².